The van der Waals surface area contributed by atoms with Crippen molar-refractivity contribution in [3.63, 3.8) is 0 Å². The molecule has 39 heavy (non-hydrogen) atoms. The van der Waals surface area contributed by atoms with Crippen molar-refractivity contribution < 1.29 is 17.9 Å². The first kappa shape index (κ1) is 27.1. The maximum atomic E-state index is 12.9. The zero-order chi connectivity index (χ0) is 27.1. The van der Waals surface area contributed by atoms with Crippen LogP contribution in [-0.4, -0.2) is 52.6 Å². The van der Waals surface area contributed by atoms with E-state index in [0.29, 0.717) is 31.7 Å². The Morgan fingerprint density at radius 3 is 2.15 bits per heavy atom. The van der Waals surface area contributed by atoms with Crippen LogP contribution in [0.3, 0.4) is 0 Å². The van der Waals surface area contributed by atoms with Gasteiger partial charge in [0.05, 0.1) is 32.1 Å². The van der Waals surface area contributed by atoms with Gasteiger partial charge in [0.25, 0.3) is 0 Å². The smallest absolute Gasteiger partial charge is 0.216 e. The molecule has 1 fully saturated rings. The Hall–Kier alpha value is -3.46. The number of methoxy groups -OCH3 is 1. The lowest BCUT2D eigenvalue weighted by atomic mass is 9.96. The average molecular weight is 546 g/mol. The van der Waals surface area contributed by atoms with Gasteiger partial charge >= 0.3 is 0 Å². The maximum Gasteiger partial charge on any atom is 0.216 e. The number of aliphatic imine (C=N–C) groups is 1. The van der Waals surface area contributed by atoms with Crippen molar-refractivity contribution in [2.45, 2.75) is 42.8 Å². The van der Waals surface area contributed by atoms with E-state index in [2.05, 4.69) is 38.9 Å². The van der Waals surface area contributed by atoms with Crippen molar-refractivity contribution in [1.29, 1.82) is 0 Å². The van der Waals surface area contributed by atoms with Gasteiger partial charge in [-0.15, -0.1) is 0 Å². The number of para-hydroxylation sites is 2. The Morgan fingerprint density at radius 1 is 0.923 bits per heavy atom. The van der Waals surface area contributed by atoms with E-state index in [1.807, 2.05) is 72.8 Å². The molecule has 0 aromatic heterocycles. The summed E-state index contributed by atoms with van der Waals surface area (Å²) in [4.78, 5) is 6.82. The summed E-state index contributed by atoms with van der Waals surface area (Å²) < 4.78 is 41.4. The SMILES string of the molecule is COC1=CC=NCC1(CN(c1ccccc1)c1ccccc1)OC1CCC(NS(=O)(=O)Cc2ccccc2)C1. The summed E-state index contributed by atoms with van der Waals surface area (Å²) in [6.45, 7) is 0.892. The summed E-state index contributed by atoms with van der Waals surface area (Å²) in [5, 5.41) is 0. The second kappa shape index (κ2) is 12.2. The molecule has 0 saturated heterocycles. The predicted octanol–water partition coefficient (Wildman–Crippen LogP) is 5.24. The van der Waals surface area contributed by atoms with E-state index in [0.717, 1.165) is 23.4 Å². The molecule has 0 radical (unpaired) electrons. The van der Waals surface area contributed by atoms with Crippen LogP contribution in [0.5, 0.6) is 0 Å². The number of dihydropyridines is 1. The Kier molecular flexibility index (Phi) is 8.45. The molecule has 204 valence electrons. The van der Waals surface area contributed by atoms with Gasteiger partial charge in [-0.3, -0.25) is 4.99 Å². The number of nitrogens with one attached hydrogen (secondary N) is 1. The molecule has 0 spiro atoms. The molecule has 8 heteroatoms. The summed E-state index contributed by atoms with van der Waals surface area (Å²) >= 11 is 0. The van der Waals surface area contributed by atoms with Crippen LogP contribution in [0, 0.1) is 0 Å². The first-order chi connectivity index (χ1) is 19.0. The fourth-order valence-corrected chi connectivity index (χ4v) is 6.87. The first-order valence-electron chi connectivity index (χ1n) is 13.3. The molecule has 1 heterocycles. The van der Waals surface area contributed by atoms with Crippen LogP contribution in [0.4, 0.5) is 11.4 Å². The quantitative estimate of drug-likeness (QED) is 0.357. The van der Waals surface area contributed by atoms with Crippen LogP contribution in [0.1, 0.15) is 24.8 Å². The summed E-state index contributed by atoms with van der Waals surface area (Å²) in [6.07, 6.45) is 5.53. The fourth-order valence-electron chi connectivity index (χ4n) is 5.43. The molecular weight excluding hydrogens is 510 g/mol. The highest BCUT2D eigenvalue weighted by Gasteiger charge is 2.44. The average Bonchev–Trinajstić information content (AvgIpc) is 3.38. The van der Waals surface area contributed by atoms with E-state index in [4.69, 9.17) is 9.47 Å². The number of sulfonamides is 1. The predicted molar refractivity (Wildman–Crippen MR) is 156 cm³/mol. The largest absolute Gasteiger partial charge is 0.498 e. The van der Waals surface area contributed by atoms with E-state index in [9.17, 15) is 8.42 Å². The zero-order valence-electron chi connectivity index (χ0n) is 22.1. The van der Waals surface area contributed by atoms with Gasteiger partial charge in [-0.1, -0.05) is 66.7 Å². The number of benzene rings is 3. The number of ether oxygens (including phenoxy) is 2. The summed E-state index contributed by atoms with van der Waals surface area (Å²) in [6, 6.07) is 29.5. The second-order valence-corrected chi connectivity index (χ2v) is 11.8. The van der Waals surface area contributed by atoms with E-state index < -0.39 is 15.6 Å². The van der Waals surface area contributed by atoms with Crippen LogP contribution in [0.2, 0.25) is 0 Å². The van der Waals surface area contributed by atoms with Crippen molar-refractivity contribution in [3.8, 4) is 0 Å². The topological polar surface area (TPSA) is 80.2 Å². The van der Waals surface area contributed by atoms with Crippen LogP contribution >= 0.6 is 0 Å². The van der Waals surface area contributed by atoms with Crippen LogP contribution in [0.25, 0.3) is 0 Å². The number of anilines is 2. The number of allylic oxidation sites excluding steroid dienone is 1. The van der Waals surface area contributed by atoms with E-state index in [1.165, 1.54) is 0 Å². The van der Waals surface area contributed by atoms with Gasteiger partial charge in [-0.2, -0.15) is 0 Å². The molecule has 1 saturated carbocycles. The molecular formula is C31H35N3O4S. The van der Waals surface area contributed by atoms with Gasteiger partial charge < -0.3 is 14.4 Å². The Labute approximate surface area is 231 Å². The van der Waals surface area contributed by atoms with E-state index in [1.54, 1.807) is 13.3 Å². The third-order valence-corrected chi connectivity index (χ3v) is 8.62. The number of hydrogen-bond donors (Lipinski definition) is 1. The Bertz CT molecular complexity index is 1340. The third-order valence-electron chi connectivity index (χ3n) is 7.22. The second-order valence-electron chi connectivity index (χ2n) is 10.1. The standard InChI is InChI=1S/C31H35N3O4S/c1-37-30-19-20-32-23-31(30,24-34(27-13-7-3-8-14-27)28-15-9-4-10-16-28)38-29-18-17-26(21-29)33-39(35,36)22-25-11-5-2-6-12-25/h2-16,19-20,26,29,33H,17-18,21-24H2,1H3. The van der Waals surface area contributed by atoms with Crippen LogP contribution in [-0.2, 0) is 25.2 Å². The van der Waals surface area contributed by atoms with Crippen molar-refractivity contribution in [2.24, 2.45) is 4.99 Å². The molecule has 1 aliphatic heterocycles. The number of nitrogens with zero attached hydrogens (tertiary/aromatic N) is 2. The van der Waals surface area contributed by atoms with Gasteiger partial charge in [-0.05, 0) is 55.2 Å². The lowest BCUT2D eigenvalue weighted by molar-refractivity contribution is -0.0816. The molecule has 0 amide bonds. The molecule has 3 aromatic rings. The molecule has 5 rings (SSSR count). The van der Waals surface area contributed by atoms with Gasteiger partial charge in [0.1, 0.15) is 5.76 Å². The first-order valence-corrected chi connectivity index (χ1v) is 15.0. The Morgan fingerprint density at radius 2 is 1.54 bits per heavy atom. The highest BCUT2D eigenvalue weighted by molar-refractivity contribution is 7.88. The molecule has 1 N–H and O–H groups in total. The van der Waals surface area contributed by atoms with Crippen LogP contribution in [0.15, 0.2) is 108 Å². The minimum absolute atomic E-state index is 0.0335. The molecule has 3 aromatic carbocycles. The molecule has 3 unspecified atom stereocenters. The Balaban J connectivity index is 1.35. The summed E-state index contributed by atoms with van der Waals surface area (Å²) in [7, 11) is -1.81. The lowest BCUT2D eigenvalue weighted by Crippen LogP contribution is -2.51. The van der Waals surface area contributed by atoms with Gasteiger partial charge in [-0.25, -0.2) is 13.1 Å². The highest BCUT2D eigenvalue weighted by atomic mass is 32.2. The minimum Gasteiger partial charge on any atom is -0.498 e. The van der Waals surface area contributed by atoms with Gasteiger partial charge in [0.2, 0.25) is 10.0 Å². The molecule has 0 bridgehead atoms. The van der Waals surface area contributed by atoms with E-state index in [-0.39, 0.29) is 17.9 Å². The van der Waals surface area contributed by atoms with Gasteiger partial charge in [0, 0.05) is 23.6 Å². The molecule has 7 nitrogen and oxygen atoms in total. The normalized spacial score (nSPS) is 22.8. The van der Waals surface area contributed by atoms with Crippen molar-refractivity contribution in [1.82, 2.24) is 4.72 Å². The summed E-state index contributed by atoms with van der Waals surface area (Å²) in [5.74, 6) is 0.677. The van der Waals surface area contributed by atoms with Gasteiger partial charge in [0.15, 0.2) is 5.60 Å². The molecule has 2 aliphatic rings. The monoisotopic (exact) mass is 545 g/mol. The minimum atomic E-state index is -3.47. The van der Waals surface area contributed by atoms with Crippen molar-refractivity contribution in [3.05, 3.63) is 108 Å². The number of hydrogen-bond acceptors (Lipinski definition) is 6. The third kappa shape index (κ3) is 6.76. The van der Waals surface area contributed by atoms with Crippen LogP contribution < -0.4 is 9.62 Å². The molecule has 1 aliphatic carbocycles. The maximum absolute atomic E-state index is 12.9. The molecule has 3 atom stereocenters. The van der Waals surface area contributed by atoms with E-state index >= 15 is 0 Å². The van der Waals surface area contributed by atoms with Crippen molar-refractivity contribution >= 4 is 27.6 Å². The van der Waals surface area contributed by atoms with Crippen molar-refractivity contribution in [2.75, 3.05) is 25.1 Å². The number of rotatable bonds is 11. The highest BCUT2D eigenvalue weighted by Crippen LogP contribution is 2.37. The zero-order valence-corrected chi connectivity index (χ0v) is 23.0. The summed E-state index contributed by atoms with van der Waals surface area (Å²) in [5.41, 5.74) is 2.01. The fraction of sp³-hybridized carbons (Fsp3) is 0.323. The lowest BCUT2D eigenvalue weighted by Gasteiger charge is -2.41.